The predicted octanol–water partition coefficient (Wildman–Crippen LogP) is 2.12. The van der Waals surface area contributed by atoms with Crippen molar-refractivity contribution in [2.45, 2.75) is 63.5 Å². The number of alkyl halides is 2. The highest BCUT2D eigenvalue weighted by molar-refractivity contribution is 6.39. The lowest BCUT2D eigenvalue weighted by Gasteiger charge is -2.38. The second-order valence-corrected chi connectivity index (χ2v) is 7.90. The van der Waals surface area contributed by atoms with Crippen LogP contribution in [0, 0.1) is 13.8 Å². The molecule has 1 saturated carbocycles. The highest BCUT2D eigenvalue weighted by Gasteiger charge is 2.48. The van der Waals surface area contributed by atoms with Gasteiger partial charge in [0.1, 0.15) is 5.71 Å². The summed E-state index contributed by atoms with van der Waals surface area (Å²) in [6.07, 6.45) is 1.39. The first-order chi connectivity index (χ1) is 12.7. The molecule has 1 saturated heterocycles. The van der Waals surface area contributed by atoms with E-state index in [1.807, 2.05) is 19.9 Å². The standard InChI is InChI=1S/C18H23F2N5O2/c1-11-6-12(2)22-16(21-11)25-5-3-4-17(10-25)9-14(24-27-17)15(26)23-13-7-18(19,20)8-13/h6,13H,3-5,7-10H2,1-2H3,(H,23,26). The Morgan fingerprint density at radius 1 is 1.30 bits per heavy atom. The van der Waals surface area contributed by atoms with E-state index >= 15 is 0 Å². The lowest BCUT2D eigenvalue weighted by atomic mass is 9.86. The van der Waals surface area contributed by atoms with Crippen molar-refractivity contribution in [1.29, 1.82) is 0 Å². The van der Waals surface area contributed by atoms with E-state index in [9.17, 15) is 13.6 Å². The van der Waals surface area contributed by atoms with Gasteiger partial charge in [0, 0.05) is 43.2 Å². The van der Waals surface area contributed by atoms with E-state index in [0.29, 0.717) is 18.9 Å². The zero-order valence-electron chi connectivity index (χ0n) is 15.5. The fraction of sp³-hybridized carbons (Fsp3) is 0.667. The van der Waals surface area contributed by atoms with Crippen molar-refractivity contribution in [1.82, 2.24) is 15.3 Å². The van der Waals surface area contributed by atoms with Crippen LogP contribution in [-0.2, 0) is 9.63 Å². The van der Waals surface area contributed by atoms with Gasteiger partial charge in [-0.25, -0.2) is 18.7 Å². The fourth-order valence-electron chi connectivity index (χ4n) is 4.01. The van der Waals surface area contributed by atoms with E-state index in [1.165, 1.54) is 0 Å². The van der Waals surface area contributed by atoms with Crippen molar-refractivity contribution in [2.75, 3.05) is 18.0 Å². The first-order valence-electron chi connectivity index (χ1n) is 9.25. The molecule has 27 heavy (non-hydrogen) atoms. The smallest absolute Gasteiger partial charge is 0.269 e. The summed E-state index contributed by atoms with van der Waals surface area (Å²) in [6.45, 7) is 5.21. The van der Waals surface area contributed by atoms with E-state index in [-0.39, 0.29) is 18.6 Å². The molecule has 1 amide bonds. The predicted molar refractivity (Wildman–Crippen MR) is 94.9 cm³/mol. The number of nitrogens with zero attached hydrogens (tertiary/aromatic N) is 4. The van der Waals surface area contributed by atoms with Gasteiger partial charge in [0.2, 0.25) is 5.95 Å². The third-order valence-corrected chi connectivity index (χ3v) is 5.32. The topological polar surface area (TPSA) is 79.7 Å². The van der Waals surface area contributed by atoms with E-state index in [2.05, 4.69) is 25.3 Å². The lowest BCUT2D eigenvalue weighted by Crippen LogP contribution is -2.53. The van der Waals surface area contributed by atoms with Gasteiger partial charge < -0.3 is 15.1 Å². The average Bonchev–Trinajstić information content (AvgIpc) is 2.96. The maximum absolute atomic E-state index is 12.9. The van der Waals surface area contributed by atoms with E-state index < -0.39 is 23.5 Å². The molecule has 7 nitrogen and oxygen atoms in total. The molecule has 2 fully saturated rings. The Balaban J connectivity index is 1.39. The average molecular weight is 379 g/mol. The minimum Gasteiger partial charge on any atom is -0.386 e. The zero-order chi connectivity index (χ0) is 19.2. The summed E-state index contributed by atoms with van der Waals surface area (Å²) >= 11 is 0. The first-order valence-corrected chi connectivity index (χ1v) is 9.25. The highest BCUT2D eigenvalue weighted by Crippen LogP contribution is 2.38. The maximum atomic E-state index is 12.9. The van der Waals surface area contributed by atoms with Crippen LogP contribution >= 0.6 is 0 Å². The van der Waals surface area contributed by atoms with Gasteiger partial charge >= 0.3 is 0 Å². The van der Waals surface area contributed by atoms with Gasteiger partial charge in [-0.15, -0.1) is 0 Å². The van der Waals surface area contributed by atoms with Gasteiger partial charge in [0.25, 0.3) is 11.8 Å². The summed E-state index contributed by atoms with van der Waals surface area (Å²) in [5, 5.41) is 6.60. The van der Waals surface area contributed by atoms with E-state index in [1.54, 1.807) is 0 Å². The Labute approximate surface area is 156 Å². The number of anilines is 1. The summed E-state index contributed by atoms with van der Waals surface area (Å²) in [5.74, 6) is -2.42. The Morgan fingerprint density at radius 3 is 2.67 bits per heavy atom. The molecule has 0 radical (unpaired) electrons. The molecule has 4 rings (SSSR count). The van der Waals surface area contributed by atoms with Crippen LogP contribution in [0.3, 0.4) is 0 Å². The molecular formula is C18H23F2N5O2. The Morgan fingerprint density at radius 2 is 2.00 bits per heavy atom. The number of oxime groups is 1. The molecule has 9 heteroatoms. The molecule has 0 aromatic carbocycles. The zero-order valence-corrected chi connectivity index (χ0v) is 15.5. The van der Waals surface area contributed by atoms with Crippen molar-refractivity contribution < 1.29 is 18.4 Å². The van der Waals surface area contributed by atoms with Crippen LogP contribution < -0.4 is 10.2 Å². The second-order valence-electron chi connectivity index (χ2n) is 7.90. The van der Waals surface area contributed by atoms with Crippen LogP contribution in [-0.4, -0.2) is 52.2 Å². The summed E-state index contributed by atoms with van der Waals surface area (Å²) in [6, 6.07) is 1.43. The number of hydrogen-bond acceptors (Lipinski definition) is 6. The molecule has 1 atom stereocenters. The van der Waals surface area contributed by atoms with E-state index in [4.69, 9.17) is 4.84 Å². The molecule has 1 spiro atoms. The van der Waals surface area contributed by atoms with Crippen LogP contribution in [0.1, 0.15) is 43.5 Å². The van der Waals surface area contributed by atoms with E-state index in [0.717, 1.165) is 30.8 Å². The normalized spacial score (nSPS) is 27.1. The number of aromatic nitrogens is 2. The number of piperidine rings is 1. The Hall–Kier alpha value is -2.32. The number of hydrogen-bond donors (Lipinski definition) is 1. The van der Waals surface area contributed by atoms with Crippen LogP contribution in [0.4, 0.5) is 14.7 Å². The van der Waals surface area contributed by atoms with Crippen molar-refractivity contribution in [3.63, 3.8) is 0 Å². The SMILES string of the molecule is Cc1cc(C)nc(N2CCCC3(CC(C(=O)NC4CC(F)(F)C4)=NO3)C2)n1. The van der Waals surface area contributed by atoms with Crippen LogP contribution in [0.5, 0.6) is 0 Å². The van der Waals surface area contributed by atoms with Crippen molar-refractivity contribution >= 4 is 17.6 Å². The molecule has 1 N–H and O–H groups in total. The van der Waals surface area contributed by atoms with Gasteiger partial charge in [0.15, 0.2) is 5.60 Å². The quantitative estimate of drug-likeness (QED) is 0.870. The molecule has 1 aromatic heterocycles. The number of amides is 1. The second kappa shape index (κ2) is 6.38. The van der Waals surface area contributed by atoms with Gasteiger partial charge in [-0.05, 0) is 32.8 Å². The van der Waals surface area contributed by atoms with Gasteiger partial charge in [0.05, 0.1) is 6.54 Å². The summed E-state index contributed by atoms with van der Waals surface area (Å²) in [5.41, 5.74) is 1.49. The molecule has 146 valence electrons. The third-order valence-electron chi connectivity index (χ3n) is 5.32. The number of aryl methyl sites for hydroxylation is 2. The number of carbonyl (C=O) groups is 1. The molecule has 2 aliphatic heterocycles. The number of halogens is 2. The highest BCUT2D eigenvalue weighted by atomic mass is 19.3. The van der Waals surface area contributed by atoms with Crippen molar-refractivity contribution in [2.24, 2.45) is 5.16 Å². The molecule has 1 aliphatic carbocycles. The molecule has 3 aliphatic rings. The monoisotopic (exact) mass is 379 g/mol. The largest absolute Gasteiger partial charge is 0.386 e. The maximum Gasteiger partial charge on any atom is 0.269 e. The minimum absolute atomic E-state index is 0.272. The van der Waals surface area contributed by atoms with Crippen LogP contribution in [0.15, 0.2) is 11.2 Å². The Bertz CT molecular complexity index is 772. The van der Waals surface area contributed by atoms with Gasteiger partial charge in [-0.3, -0.25) is 4.79 Å². The molecule has 0 bridgehead atoms. The molecule has 3 heterocycles. The molecular weight excluding hydrogens is 356 g/mol. The minimum atomic E-state index is -2.66. The first kappa shape index (κ1) is 18.1. The third kappa shape index (κ3) is 3.72. The van der Waals surface area contributed by atoms with Crippen molar-refractivity contribution in [3.05, 3.63) is 17.5 Å². The van der Waals surface area contributed by atoms with Crippen LogP contribution in [0.2, 0.25) is 0 Å². The number of rotatable bonds is 3. The van der Waals surface area contributed by atoms with Crippen molar-refractivity contribution in [3.8, 4) is 0 Å². The summed E-state index contributed by atoms with van der Waals surface area (Å²) < 4.78 is 25.9. The summed E-state index contributed by atoms with van der Waals surface area (Å²) in [7, 11) is 0. The number of nitrogens with one attached hydrogen (secondary N) is 1. The summed E-state index contributed by atoms with van der Waals surface area (Å²) in [4.78, 5) is 29.1. The fourth-order valence-corrected chi connectivity index (χ4v) is 4.01. The molecule has 1 unspecified atom stereocenters. The number of carbonyl (C=O) groups excluding carboxylic acids is 1. The lowest BCUT2D eigenvalue weighted by molar-refractivity contribution is -0.123. The van der Waals surface area contributed by atoms with Gasteiger partial charge in [-0.2, -0.15) is 0 Å². The molecule has 1 aromatic rings. The Kier molecular flexibility index (Phi) is 4.27. The van der Waals surface area contributed by atoms with Crippen LogP contribution in [0.25, 0.3) is 0 Å². The van der Waals surface area contributed by atoms with Gasteiger partial charge in [-0.1, -0.05) is 5.16 Å².